The predicted octanol–water partition coefficient (Wildman–Crippen LogP) is 0.651. The van der Waals surface area contributed by atoms with E-state index >= 15 is 0 Å². The highest BCUT2D eigenvalue weighted by Gasteiger charge is 2.29. The average Bonchev–Trinajstić information content (AvgIpc) is 3.19. The molecule has 2 fully saturated rings. The van der Waals surface area contributed by atoms with Crippen LogP contribution in [0.25, 0.3) is 0 Å². The molecule has 1 amide bonds. The molecular weight excluding hydrogens is 306 g/mol. The molecule has 0 aromatic carbocycles. The molecule has 4 rings (SSSR count). The van der Waals surface area contributed by atoms with Crippen molar-refractivity contribution in [3.63, 3.8) is 0 Å². The summed E-state index contributed by atoms with van der Waals surface area (Å²) in [5, 5.41) is 8.77. The number of fused-ring (bicyclic) bond motifs is 1. The van der Waals surface area contributed by atoms with Gasteiger partial charge in [-0.1, -0.05) is 0 Å². The van der Waals surface area contributed by atoms with Gasteiger partial charge in [-0.25, -0.2) is 0 Å². The van der Waals surface area contributed by atoms with Crippen molar-refractivity contribution in [3.8, 4) is 0 Å². The number of aromatic nitrogens is 3. The van der Waals surface area contributed by atoms with Crippen LogP contribution in [0.3, 0.4) is 0 Å². The Morgan fingerprint density at radius 2 is 2.04 bits per heavy atom. The van der Waals surface area contributed by atoms with E-state index in [0.717, 1.165) is 57.8 Å². The molecule has 0 spiro atoms. The second-order valence-corrected chi connectivity index (χ2v) is 7.30. The van der Waals surface area contributed by atoms with E-state index in [1.807, 2.05) is 11.8 Å². The molecule has 7 nitrogen and oxygen atoms in total. The smallest absolute Gasteiger partial charge is 0.236 e. The second kappa shape index (κ2) is 6.80. The minimum absolute atomic E-state index is 0.156. The van der Waals surface area contributed by atoms with Gasteiger partial charge in [-0.05, 0) is 39.3 Å². The molecule has 0 radical (unpaired) electrons. The van der Waals surface area contributed by atoms with E-state index in [0.29, 0.717) is 19.1 Å². The van der Waals surface area contributed by atoms with E-state index in [2.05, 4.69) is 19.7 Å². The van der Waals surface area contributed by atoms with Gasteiger partial charge in [-0.2, -0.15) is 0 Å². The number of ether oxygens (including phenoxy) is 1. The zero-order valence-electron chi connectivity index (χ0n) is 14.5. The van der Waals surface area contributed by atoms with Crippen molar-refractivity contribution in [1.82, 2.24) is 24.6 Å². The number of nitrogens with zero attached hydrogens (tertiary/aromatic N) is 5. The summed E-state index contributed by atoms with van der Waals surface area (Å²) in [5.74, 6) is 3.07. The Balaban J connectivity index is 1.29. The molecule has 0 bridgehead atoms. The van der Waals surface area contributed by atoms with Crippen LogP contribution in [0.4, 0.5) is 0 Å². The summed E-state index contributed by atoms with van der Waals surface area (Å²) in [6, 6.07) is 0. The molecule has 0 aliphatic carbocycles. The van der Waals surface area contributed by atoms with E-state index in [4.69, 9.17) is 4.74 Å². The minimum atomic E-state index is 0.156. The number of rotatable bonds is 3. The van der Waals surface area contributed by atoms with Gasteiger partial charge in [0.05, 0.1) is 19.3 Å². The van der Waals surface area contributed by atoms with Crippen LogP contribution in [0.5, 0.6) is 0 Å². The molecule has 0 saturated carbocycles. The van der Waals surface area contributed by atoms with Crippen molar-refractivity contribution in [3.05, 3.63) is 11.6 Å². The highest BCUT2D eigenvalue weighted by molar-refractivity contribution is 5.78. The summed E-state index contributed by atoms with van der Waals surface area (Å²) in [7, 11) is 0. The summed E-state index contributed by atoms with van der Waals surface area (Å²) in [6.45, 7) is 7.70. The Morgan fingerprint density at radius 1 is 1.21 bits per heavy atom. The second-order valence-electron chi connectivity index (χ2n) is 7.30. The number of likely N-dealkylation sites (tertiary alicyclic amines) is 1. The molecule has 24 heavy (non-hydrogen) atoms. The lowest BCUT2D eigenvalue weighted by molar-refractivity contribution is -0.139. The van der Waals surface area contributed by atoms with Crippen LogP contribution in [0.2, 0.25) is 0 Å². The number of amides is 1. The van der Waals surface area contributed by atoms with Gasteiger partial charge in [-0.3, -0.25) is 9.69 Å². The van der Waals surface area contributed by atoms with Crippen LogP contribution in [0, 0.1) is 0 Å². The molecule has 1 unspecified atom stereocenters. The molecule has 0 N–H and O–H groups in total. The lowest BCUT2D eigenvalue weighted by atomic mass is 9.96. The number of carbonyl (C=O) groups excluding carboxylic acids is 1. The monoisotopic (exact) mass is 333 g/mol. The largest absolute Gasteiger partial charge is 0.375 e. The molecule has 1 atom stereocenters. The number of morpholine rings is 1. The lowest BCUT2D eigenvalue weighted by Crippen LogP contribution is -2.49. The quantitative estimate of drug-likeness (QED) is 0.813. The first kappa shape index (κ1) is 16.0. The zero-order valence-corrected chi connectivity index (χ0v) is 14.5. The van der Waals surface area contributed by atoms with E-state index in [-0.39, 0.29) is 12.0 Å². The lowest BCUT2D eigenvalue weighted by Gasteiger charge is -2.35. The fourth-order valence-electron chi connectivity index (χ4n) is 4.16. The van der Waals surface area contributed by atoms with Crippen molar-refractivity contribution in [2.45, 2.75) is 51.2 Å². The molecule has 7 heteroatoms. The SMILES string of the molecule is CC1CN(C(=O)CN2CCC(c3nnc4n3CCC4)CC2)CCO1. The zero-order chi connectivity index (χ0) is 16.5. The van der Waals surface area contributed by atoms with Crippen molar-refractivity contribution >= 4 is 5.91 Å². The maximum absolute atomic E-state index is 12.5. The first-order valence-corrected chi connectivity index (χ1v) is 9.24. The fraction of sp³-hybridized carbons (Fsp3) is 0.824. The van der Waals surface area contributed by atoms with E-state index in [9.17, 15) is 4.79 Å². The van der Waals surface area contributed by atoms with Gasteiger partial charge in [0.25, 0.3) is 0 Å². The molecule has 3 aliphatic heterocycles. The van der Waals surface area contributed by atoms with Gasteiger partial charge in [0.1, 0.15) is 11.6 Å². The van der Waals surface area contributed by atoms with Crippen molar-refractivity contribution in [2.24, 2.45) is 0 Å². The number of hydrogen-bond donors (Lipinski definition) is 0. The van der Waals surface area contributed by atoms with Crippen LogP contribution < -0.4 is 0 Å². The number of piperidine rings is 1. The van der Waals surface area contributed by atoms with E-state index < -0.39 is 0 Å². The maximum Gasteiger partial charge on any atom is 0.236 e. The van der Waals surface area contributed by atoms with Gasteiger partial charge in [-0.15, -0.1) is 10.2 Å². The minimum Gasteiger partial charge on any atom is -0.375 e. The third kappa shape index (κ3) is 3.19. The van der Waals surface area contributed by atoms with Gasteiger partial charge < -0.3 is 14.2 Å². The van der Waals surface area contributed by atoms with Crippen molar-refractivity contribution < 1.29 is 9.53 Å². The summed E-state index contributed by atoms with van der Waals surface area (Å²) in [5.41, 5.74) is 0. The van der Waals surface area contributed by atoms with Crippen LogP contribution in [-0.4, -0.2) is 75.9 Å². The summed E-state index contributed by atoms with van der Waals surface area (Å²) < 4.78 is 7.84. The topological polar surface area (TPSA) is 63.5 Å². The number of carbonyl (C=O) groups is 1. The molecule has 3 aliphatic rings. The Labute approximate surface area is 143 Å². The summed E-state index contributed by atoms with van der Waals surface area (Å²) >= 11 is 0. The Hall–Kier alpha value is -1.47. The van der Waals surface area contributed by atoms with E-state index in [1.54, 1.807) is 0 Å². The van der Waals surface area contributed by atoms with Gasteiger partial charge in [0.2, 0.25) is 5.91 Å². The molecular formula is C17H27N5O2. The van der Waals surface area contributed by atoms with Crippen molar-refractivity contribution in [2.75, 3.05) is 39.3 Å². The third-order valence-electron chi connectivity index (χ3n) is 5.54. The average molecular weight is 333 g/mol. The molecule has 1 aromatic heterocycles. The summed E-state index contributed by atoms with van der Waals surface area (Å²) in [6.07, 6.45) is 4.57. The van der Waals surface area contributed by atoms with Gasteiger partial charge in [0, 0.05) is 32.0 Å². The molecule has 132 valence electrons. The van der Waals surface area contributed by atoms with Gasteiger partial charge in [0.15, 0.2) is 0 Å². The Morgan fingerprint density at radius 3 is 2.83 bits per heavy atom. The Kier molecular flexibility index (Phi) is 4.54. The van der Waals surface area contributed by atoms with Crippen LogP contribution in [0.1, 0.15) is 43.8 Å². The normalized spacial score (nSPS) is 25.9. The fourth-order valence-corrected chi connectivity index (χ4v) is 4.16. The van der Waals surface area contributed by atoms with Gasteiger partial charge >= 0.3 is 0 Å². The molecule has 2 saturated heterocycles. The molecule has 1 aromatic rings. The first-order chi connectivity index (χ1) is 11.7. The van der Waals surface area contributed by atoms with Crippen LogP contribution >= 0.6 is 0 Å². The number of hydrogen-bond acceptors (Lipinski definition) is 5. The first-order valence-electron chi connectivity index (χ1n) is 9.24. The third-order valence-corrected chi connectivity index (χ3v) is 5.54. The standard InChI is InChI=1S/C17H27N5O2/c1-13-11-21(9-10-24-13)16(23)12-20-7-4-14(5-8-20)17-19-18-15-3-2-6-22(15)17/h13-14H,2-12H2,1H3. The highest BCUT2D eigenvalue weighted by Crippen LogP contribution is 2.29. The van der Waals surface area contributed by atoms with Crippen LogP contribution in [-0.2, 0) is 22.5 Å². The number of aryl methyl sites for hydroxylation is 1. The summed E-state index contributed by atoms with van der Waals surface area (Å²) in [4.78, 5) is 16.7. The van der Waals surface area contributed by atoms with Crippen LogP contribution in [0.15, 0.2) is 0 Å². The maximum atomic E-state index is 12.5. The van der Waals surface area contributed by atoms with Crippen molar-refractivity contribution in [1.29, 1.82) is 0 Å². The highest BCUT2D eigenvalue weighted by atomic mass is 16.5. The predicted molar refractivity (Wildman–Crippen MR) is 88.8 cm³/mol. The van der Waals surface area contributed by atoms with E-state index in [1.165, 1.54) is 12.2 Å². The molecule has 4 heterocycles. The Bertz CT molecular complexity index is 594.